The highest BCUT2D eigenvalue weighted by Crippen LogP contribution is 2.43. The van der Waals surface area contributed by atoms with Crippen LogP contribution in [0.3, 0.4) is 0 Å². The third-order valence-electron chi connectivity index (χ3n) is 8.39. The van der Waals surface area contributed by atoms with Crippen molar-refractivity contribution >= 4 is 23.9 Å². The van der Waals surface area contributed by atoms with Gasteiger partial charge in [-0.05, 0) is 69.0 Å². The van der Waals surface area contributed by atoms with E-state index in [0.29, 0.717) is 29.1 Å². The smallest absolute Gasteiger partial charge is 0.290 e. The number of pyridine rings is 3. The van der Waals surface area contributed by atoms with Gasteiger partial charge in [-0.25, -0.2) is 9.97 Å². The number of piperidine rings is 1. The maximum atomic E-state index is 9.68. The first-order chi connectivity index (χ1) is 20.5. The molecule has 3 aromatic heterocycles. The van der Waals surface area contributed by atoms with E-state index in [1.54, 1.807) is 18.5 Å². The molecule has 2 fully saturated rings. The summed E-state index contributed by atoms with van der Waals surface area (Å²) in [5.41, 5.74) is 4.88. The summed E-state index contributed by atoms with van der Waals surface area (Å²) >= 11 is 6.12. The van der Waals surface area contributed by atoms with Crippen molar-refractivity contribution in [1.82, 2.24) is 25.2 Å². The summed E-state index contributed by atoms with van der Waals surface area (Å²) in [4.78, 5) is 27.4. The molecule has 11 heteroatoms. The molecule has 6 rings (SSSR count). The molecule has 0 saturated carbocycles. The number of nitrogens with one attached hydrogen (secondary N) is 1. The van der Waals surface area contributed by atoms with Crippen LogP contribution < -0.4 is 15.0 Å². The van der Waals surface area contributed by atoms with Gasteiger partial charge in [-0.2, -0.15) is 5.26 Å². The van der Waals surface area contributed by atoms with Crippen LogP contribution >= 0.6 is 11.6 Å². The number of aromatic nitrogens is 3. The Hall–Kier alpha value is -3.78. The average Bonchev–Trinajstić information content (AvgIpc) is 3.51. The van der Waals surface area contributed by atoms with Crippen LogP contribution in [0.1, 0.15) is 49.4 Å². The van der Waals surface area contributed by atoms with Crippen LogP contribution in [0.15, 0.2) is 42.7 Å². The van der Waals surface area contributed by atoms with E-state index in [0.717, 1.165) is 74.9 Å². The quantitative estimate of drug-likeness (QED) is 0.402. The Balaban J connectivity index is 0.00000113. The molecule has 3 aromatic rings. The molecule has 0 aliphatic carbocycles. The number of fused-ring (bicyclic) bond motifs is 2. The number of anilines is 1. The van der Waals surface area contributed by atoms with Gasteiger partial charge in [0.2, 0.25) is 5.88 Å². The molecule has 0 amide bonds. The fourth-order valence-corrected chi connectivity index (χ4v) is 6.72. The van der Waals surface area contributed by atoms with Gasteiger partial charge >= 0.3 is 0 Å². The zero-order valence-electron chi connectivity index (χ0n) is 23.8. The van der Waals surface area contributed by atoms with Crippen molar-refractivity contribution in [3.05, 3.63) is 64.6 Å². The third-order valence-corrected chi connectivity index (χ3v) is 8.59. The lowest BCUT2D eigenvalue weighted by Crippen LogP contribution is -2.54. The van der Waals surface area contributed by atoms with Gasteiger partial charge in [-0.1, -0.05) is 17.7 Å². The molecular formula is C31H36ClN7O3. The number of rotatable bonds is 6. The summed E-state index contributed by atoms with van der Waals surface area (Å²) in [5, 5.41) is 20.7. The molecule has 220 valence electrons. The van der Waals surface area contributed by atoms with Crippen molar-refractivity contribution < 1.29 is 14.6 Å². The van der Waals surface area contributed by atoms with Gasteiger partial charge < -0.3 is 20.1 Å². The van der Waals surface area contributed by atoms with Gasteiger partial charge in [0.1, 0.15) is 11.9 Å². The first-order valence-electron chi connectivity index (χ1n) is 14.4. The molecule has 42 heavy (non-hydrogen) atoms. The second-order valence-electron chi connectivity index (χ2n) is 11.0. The van der Waals surface area contributed by atoms with E-state index in [9.17, 15) is 5.26 Å². The molecule has 6 heterocycles. The molecule has 2 N–H and O–H groups in total. The summed E-state index contributed by atoms with van der Waals surface area (Å²) in [7, 11) is 0. The monoisotopic (exact) mass is 589 g/mol. The van der Waals surface area contributed by atoms with Crippen molar-refractivity contribution in [2.24, 2.45) is 0 Å². The molecule has 3 aliphatic heterocycles. The number of hydrogen-bond donors (Lipinski definition) is 2. The van der Waals surface area contributed by atoms with Crippen LogP contribution in [0.4, 0.5) is 5.82 Å². The van der Waals surface area contributed by atoms with Gasteiger partial charge in [-0.3, -0.25) is 14.7 Å². The van der Waals surface area contributed by atoms with E-state index in [4.69, 9.17) is 31.2 Å². The molecule has 0 aromatic carbocycles. The Morgan fingerprint density at radius 2 is 2.10 bits per heavy atom. The normalized spacial score (nSPS) is 19.4. The van der Waals surface area contributed by atoms with Gasteiger partial charge in [0, 0.05) is 56.6 Å². The van der Waals surface area contributed by atoms with Crippen LogP contribution in [0.5, 0.6) is 5.88 Å². The van der Waals surface area contributed by atoms with Crippen LogP contribution in [0.2, 0.25) is 5.02 Å². The molecule has 0 radical (unpaired) electrons. The molecule has 0 bridgehead atoms. The highest BCUT2D eigenvalue weighted by molar-refractivity contribution is 6.30. The van der Waals surface area contributed by atoms with Crippen LogP contribution in [-0.2, 0) is 16.8 Å². The second kappa shape index (κ2) is 13.5. The van der Waals surface area contributed by atoms with Gasteiger partial charge in [-0.15, -0.1) is 0 Å². The van der Waals surface area contributed by atoms with Crippen molar-refractivity contribution in [3.63, 3.8) is 0 Å². The first-order valence-corrected chi connectivity index (χ1v) is 14.8. The van der Waals surface area contributed by atoms with E-state index < -0.39 is 0 Å². The van der Waals surface area contributed by atoms with Crippen LogP contribution in [-0.4, -0.2) is 76.8 Å². The number of carbonyl (C=O) groups is 1. The van der Waals surface area contributed by atoms with E-state index in [1.165, 1.54) is 18.4 Å². The minimum absolute atomic E-state index is 0.00510. The minimum Gasteiger partial charge on any atom is -0.483 e. The average molecular weight is 590 g/mol. The summed E-state index contributed by atoms with van der Waals surface area (Å²) in [6, 6.07) is 12.9. The van der Waals surface area contributed by atoms with Crippen LogP contribution in [0.25, 0.3) is 11.3 Å². The maximum Gasteiger partial charge on any atom is 0.290 e. The highest BCUT2D eigenvalue weighted by atomic mass is 35.5. The summed E-state index contributed by atoms with van der Waals surface area (Å²) < 4.78 is 5.82. The van der Waals surface area contributed by atoms with Crippen molar-refractivity contribution in [1.29, 1.82) is 5.26 Å². The summed E-state index contributed by atoms with van der Waals surface area (Å²) in [6.45, 7) is 7.95. The molecule has 2 saturated heterocycles. The lowest BCUT2D eigenvalue weighted by atomic mass is 9.69. The number of carboxylic acid groups (broad SMARTS) is 1. The lowest BCUT2D eigenvalue weighted by Gasteiger charge is -2.49. The minimum atomic E-state index is -0.250. The Morgan fingerprint density at radius 1 is 1.29 bits per heavy atom. The topological polar surface area (TPSA) is 128 Å². The predicted octanol–water partition coefficient (Wildman–Crippen LogP) is 4.27. The number of nitriles is 1. The molecule has 0 unspecified atom stereocenters. The number of nitrogens with zero attached hydrogens (tertiary/aromatic N) is 6. The molecule has 1 atom stereocenters. The SMILES string of the molecule is CCOc1ncccc1-c1ccc2c(n1)CN(C[C@H]1CCCN1)CC21CCN(c2ncc(Cl)cc2C#N)CC1.O=CO. The number of halogens is 1. The van der Waals surface area contributed by atoms with Crippen molar-refractivity contribution in [3.8, 4) is 23.2 Å². The van der Waals surface area contributed by atoms with E-state index >= 15 is 0 Å². The van der Waals surface area contributed by atoms with E-state index in [1.807, 2.05) is 19.1 Å². The standard InChI is InChI=1S/C30H34ClN7O.CH2O2/c1-2-39-29-24(6-4-12-34-29)26-8-7-25-27(36-26)19-37(18-23-5-3-11-33-23)20-30(25)9-13-38(14-10-30)28-21(16-32)15-22(31)17-35-28;2-1-3/h4,6-8,12,15,17,23,33H,2-3,5,9-11,13-14,18-20H2,1H3;1H,(H,2,3)/t23-;/m1./s1. The van der Waals surface area contributed by atoms with Crippen molar-refractivity contribution in [2.45, 2.75) is 50.6 Å². The third kappa shape index (κ3) is 6.33. The van der Waals surface area contributed by atoms with E-state index in [2.05, 4.69) is 43.3 Å². The molecule has 10 nitrogen and oxygen atoms in total. The molecule has 1 spiro atoms. The number of ether oxygens (including phenoxy) is 1. The van der Waals surface area contributed by atoms with Gasteiger partial charge in [0.05, 0.1) is 34.1 Å². The second-order valence-corrected chi connectivity index (χ2v) is 11.4. The van der Waals surface area contributed by atoms with Crippen LogP contribution in [0, 0.1) is 11.3 Å². The Morgan fingerprint density at radius 3 is 2.81 bits per heavy atom. The lowest BCUT2D eigenvalue weighted by molar-refractivity contribution is -0.122. The van der Waals surface area contributed by atoms with Crippen molar-refractivity contribution in [2.75, 3.05) is 44.2 Å². The van der Waals surface area contributed by atoms with Gasteiger partial charge in [0.25, 0.3) is 6.47 Å². The zero-order chi connectivity index (χ0) is 29.5. The van der Waals surface area contributed by atoms with E-state index in [-0.39, 0.29) is 11.9 Å². The Kier molecular flexibility index (Phi) is 9.52. The molecular weight excluding hydrogens is 554 g/mol. The number of hydrogen-bond acceptors (Lipinski definition) is 9. The fraction of sp³-hybridized carbons (Fsp3) is 0.452. The molecule has 3 aliphatic rings. The van der Waals surface area contributed by atoms with Gasteiger partial charge in [0.15, 0.2) is 0 Å². The fourth-order valence-electron chi connectivity index (χ4n) is 6.57. The maximum absolute atomic E-state index is 9.68. The summed E-state index contributed by atoms with van der Waals surface area (Å²) in [6.07, 6.45) is 7.82. The Labute approximate surface area is 251 Å². The summed E-state index contributed by atoms with van der Waals surface area (Å²) in [5.74, 6) is 1.36. The largest absolute Gasteiger partial charge is 0.483 e. The highest BCUT2D eigenvalue weighted by Gasteiger charge is 2.43. The first kappa shape index (κ1) is 29.7. The Bertz CT molecular complexity index is 1430. The zero-order valence-corrected chi connectivity index (χ0v) is 24.6. The predicted molar refractivity (Wildman–Crippen MR) is 161 cm³/mol.